The second kappa shape index (κ2) is 2.85. The van der Waals surface area contributed by atoms with E-state index in [9.17, 15) is 0 Å². The molecule has 0 heterocycles. The van der Waals surface area contributed by atoms with Crippen LogP contribution < -0.4 is 0 Å². The molecule has 0 aromatic rings. The maximum absolute atomic E-state index is 8.54. The minimum atomic E-state index is 0.783. The molecule has 0 bridgehead atoms. The quantitative estimate of drug-likeness (QED) is 0.562. The lowest BCUT2D eigenvalue weighted by Gasteiger charge is -2.47. The fourth-order valence-corrected chi connectivity index (χ4v) is 2.87. The molecule has 0 aromatic carbocycles. The van der Waals surface area contributed by atoms with Gasteiger partial charge in [0.05, 0.1) is 6.07 Å². The summed E-state index contributed by atoms with van der Waals surface area (Å²) in [7, 11) is 0. The number of nitrogens with zero attached hydrogens (tertiary/aromatic N) is 1. The topological polar surface area (TPSA) is 23.8 Å². The average Bonchev–Trinajstić information content (AvgIpc) is 2.01. The van der Waals surface area contributed by atoms with Crippen molar-refractivity contribution in [1.82, 2.24) is 0 Å². The Kier molecular flexibility index (Phi) is 1.85. The molecule has 2 aliphatic carbocycles. The number of fused-ring (bicyclic) bond motifs is 1. The van der Waals surface area contributed by atoms with Crippen LogP contribution in [0.4, 0.5) is 0 Å². The predicted molar refractivity (Wildman–Crippen MR) is 43.8 cm³/mol. The average molecular weight is 149 g/mol. The molecule has 1 nitrogen and oxygen atoms in total. The number of hydrogen-bond acceptors (Lipinski definition) is 1. The first-order valence-electron chi connectivity index (χ1n) is 4.79. The maximum Gasteiger partial charge on any atom is 0.0624 e. The Labute approximate surface area is 68.4 Å². The van der Waals surface area contributed by atoms with E-state index in [1.54, 1.807) is 0 Å². The van der Waals surface area contributed by atoms with E-state index in [2.05, 4.69) is 6.07 Å². The van der Waals surface area contributed by atoms with Gasteiger partial charge in [-0.2, -0.15) is 5.26 Å². The molecule has 2 fully saturated rings. The van der Waals surface area contributed by atoms with Gasteiger partial charge in [-0.3, -0.25) is 0 Å². The molecule has 3 atom stereocenters. The van der Waals surface area contributed by atoms with E-state index in [1.807, 2.05) is 0 Å². The van der Waals surface area contributed by atoms with Crippen molar-refractivity contribution in [2.75, 3.05) is 0 Å². The van der Waals surface area contributed by atoms with Crippen LogP contribution in [0.3, 0.4) is 0 Å². The van der Waals surface area contributed by atoms with E-state index in [0.717, 1.165) is 24.2 Å². The van der Waals surface area contributed by atoms with Crippen LogP contribution in [0.15, 0.2) is 0 Å². The molecular formula is C10H15N. The van der Waals surface area contributed by atoms with E-state index in [-0.39, 0.29) is 0 Å². The Hall–Kier alpha value is -0.510. The summed E-state index contributed by atoms with van der Waals surface area (Å²) >= 11 is 0. The zero-order valence-electron chi connectivity index (χ0n) is 6.92. The fourth-order valence-electron chi connectivity index (χ4n) is 2.87. The lowest BCUT2D eigenvalue weighted by atomic mass is 9.58. The molecule has 2 saturated carbocycles. The maximum atomic E-state index is 8.54. The van der Waals surface area contributed by atoms with Crippen LogP contribution in [0.25, 0.3) is 0 Å². The van der Waals surface area contributed by atoms with E-state index >= 15 is 0 Å². The molecule has 11 heavy (non-hydrogen) atoms. The van der Waals surface area contributed by atoms with Gasteiger partial charge in [0.1, 0.15) is 0 Å². The van der Waals surface area contributed by atoms with Crippen molar-refractivity contribution in [3.8, 4) is 6.07 Å². The summed E-state index contributed by atoms with van der Waals surface area (Å²) in [6.07, 6.45) is 7.91. The lowest BCUT2D eigenvalue weighted by molar-refractivity contribution is 0.0328. The summed E-state index contributed by atoms with van der Waals surface area (Å²) in [6, 6.07) is 2.30. The summed E-state index contributed by atoms with van der Waals surface area (Å²) < 4.78 is 0. The van der Waals surface area contributed by atoms with Crippen LogP contribution >= 0.6 is 0 Å². The first-order valence-corrected chi connectivity index (χ1v) is 4.79. The van der Waals surface area contributed by atoms with Crippen LogP contribution in [0, 0.1) is 29.1 Å². The van der Waals surface area contributed by atoms with Gasteiger partial charge in [-0.15, -0.1) is 0 Å². The monoisotopic (exact) mass is 149 g/mol. The third-order valence-electron chi connectivity index (χ3n) is 3.53. The van der Waals surface area contributed by atoms with Gasteiger partial charge in [-0.1, -0.05) is 19.3 Å². The molecular weight excluding hydrogens is 134 g/mol. The minimum Gasteiger partial charge on any atom is -0.198 e. The standard InChI is InChI=1S/C10H15N/c11-6-5-9-7-8-3-1-2-4-10(8)9/h8-10H,1-5,7H2. The summed E-state index contributed by atoms with van der Waals surface area (Å²) in [5.74, 6) is 2.75. The smallest absolute Gasteiger partial charge is 0.0624 e. The summed E-state index contributed by atoms with van der Waals surface area (Å²) in [4.78, 5) is 0. The number of nitriles is 1. The molecule has 0 radical (unpaired) electrons. The summed E-state index contributed by atoms with van der Waals surface area (Å²) in [5, 5.41) is 8.54. The lowest BCUT2D eigenvalue weighted by Crippen LogP contribution is -2.38. The van der Waals surface area contributed by atoms with Crippen molar-refractivity contribution in [3.63, 3.8) is 0 Å². The van der Waals surface area contributed by atoms with Gasteiger partial charge in [0.2, 0.25) is 0 Å². The molecule has 2 aliphatic rings. The third kappa shape index (κ3) is 1.15. The van der Waals surface area contributed by atoms with E-state index in [0.29, 0.717) is 0 Å². The number of hydrogen-bond donors (Lipinski definition) is 0. The molecule has 0 amide bonds. The van der Waals surface area contributed by atoms with Crippen molar-refractivity contribution in [1.29, 1.82) is 5.26 Å². The van der Waals surface area contributed by atoms with Crippen molar-refractivity contribution in [3.05, 3.63) is 0 Å². The van der Waals surface area contributed by atoms with Crippen LogP contribution in [0.2, 0.25) is 0 Å². The van der Waals surface area contributed by atoms with Crippen molar-refractivity contribution >= 4 is 0 Å². The zero-order valence-corrected chi connectivity index (χ0v) is 6.92. The molecule has 2 rings (SSSR count). The molecule has 60 valence electrons. The highest BCUT2D eigenvalue weighted by atomic mass is 14.5. The fraction of sp³-hybridized carbons (Fsp3) is 0.900. The highest BCUT2D eigenvalue weighted by molar-refractivity contribution is 4.95. The predicted octanol–water partition coefficient (Wildman–Crippen LogP) is 2.73. The van der Waals surface area contributed by atoms with Gasteiger partial charge >= 0.3 is 0 Å². The summed E-state index contributed by atoms with van der Waals surface area (Å²) in [6.45, 7) is 0. The van der Waals surface area contributed by atoms with Crippen molar-refractivity contribution in [2.24, 2.45) is 17.8 Å². The molecule has 0 saturated heterocycles. The number of rotatable bonds is 1. The third-order valence-corrected chi connectivity index (χ3v) is 3.53. The van der Waals surface area contributed by atoms with Gasteiger partial charge < -0.3 is 0 Å². The Morgan fingerprint density at radius 2 is 2.09 bits per heavy atom. The molecule has 0 aliphatic heterocycles. The van der Waals surface area contributed by atoms with E-state index in [4.69, 9.17) is 5.26 Å². The highest BCUT2D eigenvalue weighted by Gasteiger charge is 2.41. The van der Waals surface area contributed by atoms with Gasteiger partial charge in [0.15, 0.2) is 0 Å². The first kappa shape index (κ1) is 7.16. The Bertz CT molecular complexity index is 180. The molecule has 0 spiro atoms. The molecule has 0 N–H and O–H groups in total. The Balaban J connectivity index is 1.87. The Morgan fingerprint density at radius 1 is 1.27 bits per heavy atom. The van der Waals surface area contributed by atoms with Gasteiger partial charge in [-0.25, -0.2) is 0 Å². The summed E-state index contributed by atoms with van der Waals surface area (Å²) in [5.41, 5.74) is 0. The van der Waals surface area contributed by atoms with Gasteiger partial charge in [0, 0.05) is 6.42 Å². The Morgan fingerprint density at radius 3 is 2.82 bits per heavy atom. The van der Waals surface area contributed by atoms with Crippen LogP contribution in [-0.2, 0) is 0 Å². The normalized spacial score (nSPS) is 41.9. The van der Waals surface area contributed by atoms with E-state index in [1.165, 1.54) is 32.1 Å². The largest absolute Gasteiger partial charge is 0.198 e. The van der Waals surface area contributed by atoms with Gasteiger partial charge in [0.25, 0.3) is 0 Å². The van der Waals surface area contributed by atoms with Gasteiger partial charge in [-0.05, 0) is 30.6 Å². The van der Waals surface area contributed by atoms with E-state index < -0.39 is 0 Å². The SMILES string of the molecule is N#CCC1CC2CCCCC12. The highest BCUT2D eigenvalue weighted by Crippen LogP contribution is 2.50. The first-order chi connectivity index (χ1) is 5.42. The minimum absolute atomic E-state index is 0.783. The zero-order chi connectivity index (χ0) is 7.68. The second-order valence-electron chi connectivity index (χ2n) is 4.07. The van der Waals surface area contributed by atoms with Crippen molar-refractivity contribution in [2.45, 2.75) is 38.5 Å². The molecule has 3 unspecified atom stereocenters. The van der Waals surface area contributed by atoms with Crippen molar-refractivity contribution < 1.29 is 0 Å². The molecule has 1 heteroatoms. The van der Waals surface area contributed by atoms with Crippen LogP contribution in [0.1, 0.15) is 38.5 Å². The molecule has 0 aromatic heterocycles. The van der Waals surface area contributed by atoms with Crippen LogP contribution in [0.5, 0.6) is 0 Å². The van der Waals surface area contributed by atoms with Crippen LogP contribution in [-0.4, -0.2) is 0 Å². The second-order valence-corrected chi connectivity index (χ2v) is 4.07.